The Labute approximate surface area is 203 Å². The number of allylic oxidation sites excluding steroid dienone is 1. The van der Waals surface area contributed by atoms with Crippen LogP contribution in [0, 0.1) is 6.92 Å². The highest BCUT2D eigenvalue weighted by atomic mass is 16.5. The number of aryl methyl sites for hydroxylation is 1. The summed E-state index contributed by atoms with van der Waals surface area (Å²) in [6, 6.07) is 9.51. The molecule has 1 aromatic carbocycles. The van der Waals surface area contributed by atoms with E-state index < -0.39 is 11.8 Å². The number of H-pyrrole nitrogens is 1. The number of rotatable bonds is 9. The van der Waals surface area contributed by atoms with Crippen molar-refractivity contribution in [2.75, 3.05) is 44.4 Å². The van der Waals surface area contributed by atoms with Crippen LogP contribution in [0.5, 0.6) is 0 Å². The number of aromatic nitrogens is 2. The number of esters is 1. The summed E-state index contributed by atoms with van der Waals surface area (Å²) in [7, 11) is 4.05. The number of hydrogen-bond donors (Lipinski definition) is 3. The molecule has 0 radical (unpaired) electrons. The molecule has 0 fully saturated rings. The molecule has 2 aromatic heterocycles. The number of ketones is 1. The van der Waals surface area contributed by atoms with E-state index in [9.17, 15) is 9.59 Å². The highest BCUT2D eigenvalue weighted by molar-refractivity contribution is 6.26. The Morgan fingerprint density at radius 3 is 2.86 bits per heavy atom. The number of benzene rings is 1. The van der Waals surface area contributed by atoms with Crippen LogP contribution in [0.1, 0.15) is 18.1 Å². The van der Waals surface area contributed by atoms with Gasteiger partial charge in [0.2, 0.25) is 11.7 Å². The summed E-state index contributed by atoms with van der Waals surface area (Å²) in [4.78, 5) is 35.2. The average molecular weight is 476 g/mol. The predicted molar refractivity (Wildman–Crippen MR) is 136 cm³/mol. The monoisotopic (exact) mass is 475 g/mol. The normalized spacial score (nSPS) is 14.7. The van der Waals surface area contributed by atoms with Crippen molar-refractivity contribution in [3.8, 4) is 0 Å². The molecule has 3 aromatic rings. The first-order chi connectivity index (χ1) is 16.9. The van der Waals surface area contributed by atoms with Gasteiger partial charge in [0.05, 0.1) is 6.61 Å². The van der Waals surface area contributed by atoms with Gasteiger partial charge in [0.15, 0.2) is 11.3 Å². The van der Waals surface area contributed by atoms with Crippen LogP contribution in [0.2, 0.25) is 0 Å². The van der Waals surface area contributed by atoms with Crippen molar-refractivity contribution in [3.05, 3.63) is 71.1 Å². The highest BCUT2D eigenvalue weighted by Gasteiger charge is 2.37. The van der Waals surface area contributed by atoms with E-state index in [0.29, 0.717) is 11.3 Å². The first-order valence-electron chi connectivity index (χ1n) is 11.4. The lowest BCUT2D eigenvalue weighted by Gasteiger charge is -2.15. The number of carbonyl (C=O) groups excluding carboxylic acids is 2. The van der Waals surface area contributed by atoms with Crippen LogP contribution in [-0.4, -0.2) is 60.4 Å². The van der Waals surface area contributed by atoms with E-state index in [1.165, 1.54) is 0 Å². The van der Waals surface area contributed by atoms with Crippen LogP contribution in [0.3, 0.4) is 0 Å². The molecule has 9 heteroatoms. The molecule has 182 valence electrons. The molecular formula is C26H29N5O4. The number of nitrogens with one attached hydrogen (secondary N) is 3. The van der Waals surface area contributed by atoms with E-state index in [1.807, 2.05) is 51.4 Å². The van der Waals surface area contributed by atoms with E-state index in [2.05, 4.69) is 25.5 Å². The molecule has 0 aliphatic carbocycles. The summed E-state index contributed by atoms with van der Waals surface area (Å²) >= 11 is 0. The topological polar surface area (TPSA) is 109 Å². The third-order valence-corrected chi connectivity index (χ3v) is 5.50. The molecule has 0 atom stereocenters. The highest BCUT2D eigenvalue weighted by Crippen LogP contribution is 2.31. The minimum Gasteiger partial charge on any atom is -0.462 e. The maximum absolute atomic E-state index is 13.2. The van der Waals surface area contributed by atoms with Gasteiger partial charge in [0.25, 0.3) is 0 Å². The zero-order chi connectivity index (χ0) is 24.9. The number of ether oxygens (including phenoxy) is 2. The van der Waals surface area contributed by atoms with E-state index in [-0.39, 0.29) is 23.8 Å². The Morgan fingerprint density at radius 1 is 1.29 bits per heavy atom. The Bertz CT molecular complexity index is 1320. The van der Waals surface area contributed by atoms with Crippen LogP contribution in [0.15, 0.2) is 59.9 Å². The second kappa shape index (κ2) is 10.4. The lowest BCUT2D eigenvalue weighted by molar-refractivity contribution is -0.139. The number of likely N-dealkylation sites (N-methyl/N-ethyl adjacent to an activating group) is 1. The molecule has 35 heavy (non-hydrogen) atoms. The standard InChI is InChI=1S/C26H29N5O4/c1-5-34-26(33)22-23(32)21(14-17-15-29-24-19(17)7-6-10-28-24)35-25(22)30-20-9-8-18(13-16(20)2)27-11-12-31(3)4/h6-10,13-15,27,30H,5,11-12H2,1-4H3,(H,28,29)/b21-14-. The van der Waals surface area contributed by atoms with E-state index in [4.69, 9.17) is 9.47 Å². The van der Waals surface area contributed by atoms with Gasteiger partial charge in [-0.15, -0.1) is 0 Å². The summed E-state index contributed by atoms with van der Waals surface area (Å²) in [5.74, 6) is -1.19. The van der Waals surface area contributed by atoms with Crippen LogP contribution in [0.4, 0.5) is 11.4 Å². The van der Waals surface area contributed by atoms with E-state index in [1.54, 1.807) is 25.4 Å². The van der Waals surface area contributed by atoms with Gasteiger partial charge >= 0.3 is 5.97 Å². The molecule has 1 aliphatic heterocycles. The zero-order valence-corrected chi connectivity index (χ0v) is 20.3. The van der Waals surface area contributed by atoms with Gasteiger partial charge < -0.3 is 30.0 Å². The minimum absolute atomic E-state index is 0.0277. The van der Waals surface area contributed by atoms with Gasteiger partial charge in [-0.25, -0.2) is 9.78 Å². The number of aromatic amines is 1. The first kappa shape index (κ1) is 24.0. The second-order valence-corrected chi connectivity index (χ2v) is 8.39. The van der Waals surface area contributed by atoms with Crippen molar-refractivity contribution < 1.29 is 19.1 Å². The third-order valence-electron chi connectivity index (χ3n) is 5.50. The maximum atomic E-state index is 13.2. The van der Waals surface area contributed by atoms with Crippen molar-refractivity contribution >= 4 is 40.2 Å². The van der Waals surface area contributed by atoms with E-state index >= 15 is 0 Å². The van der Waals surface area contributed by atoms with Crippen LogP contribution < -0.4 is 10.6 Å². The largest absolute Gasteiger partial charge is 0.462 e. The minimum atomic E-state index is -0.733. The lowest BCUT2D eigenvalue weighted by atomic mass is 10.1. The predicted octanol–water partition coefficient (Wildman–Crippen LogP) is 3.67. The fourth-order valence-corrected chi connectivity index (χ4v) is 3.70. The number of carbonyl (C=O) groups is 2. The van der Waals surface area contributed by atoms with Crippen molar-refractivity contribution in [3.63, 3.8) is 0 Å². The van der Waals surface area contributed by atoms with E-state index in [0.717, 1.165) is 35.3 Å². The summed E-state index contributed by atoms with van der Waals surface area (Å²) in [5.41, 5.74) is 3.87. The van der Waals surface area contributed by atoms with Crippen molar-refractivity contribution in [1.29, 1.82) is 0 Å². The summed E-state index contributed by atoms with van der Waals surface area (Å²) in [5, 5.41) is 7.33. The molecule has 0 saturated carbocycles. The molecule has 3 N–H and O–H groups in total. The molecule has 1 aliphatic rings. The molecule has 0 unspecified atom stereocenters. The Balaban J connectivity index is 1.60. The summed E-state index contributed by atoms with van der Waals surface area (Å²) in [6.45, 7) is 5.49. The summed E-state index contributed by atoms with van der Waals surface area (Å²) < 4.78 is 11.0. The van der Waals surface area contributed by atoms with Crippen LogP contribution in [0.25, 0.3) is 17.1 Å². The summed E-state index contributed by atoms with van der Waals surface area (Å²) in [6.07, 6.45) is 5.02. The molecule has 0 amide bonds. The lowest BCUT2D eigenvalue weighted by Crippen LogP contribution is -2.20. The van der Waals surface area contributed by atoms with Gasteiger partial charge in [-0.2, -0.15) is 0 Å². The maximum Gasteiger partial charge on any atom is 0.347 e. The molecule has 0 saturated heterocycles. The van der Waals surface area contributed by atoms with Gasteiger partial charge in [0.1, 0.15) is 5.65 Å². The number of anilines is 2. The van der Waals surface area contributed by atoms with Crippen molar-refractivity contribution in [1.82, 2.24) is 14.9 Å². The van der Waals surface area contributed by atoms with Gasteiger partial charge in [-0.05, 0) is 69.9 Å². The van der Waals surface area contributed by atoms with Gasteiger partial charge in [-0.1, -0.05) is 0 Å². The number of nitrogens with zero attached hydrogens (tertiary/aromatic N) is 2. The van der Waals surface area contributed by atoms with Crippen molar-refractivity contribution in [2.24, 2.45) is 0 Å². The number of hydrogen-bond acceptors (Lipinski definition) is 8. The fourth-order valence-electron chi connectivity index (χ4n) is 3.70. The average Bonchev–Trinajstić information content (AvgIpc) is 3.36. The Hall–Kier alpha value is -4.11. The first-order valence-corrected chi connectivity index (χ1v) is 11.4. The second-order valence-electron chi connectivity index (χ2n) is 8.39. The molecule has 4 rings (SSSR count). The number of pyridine rings is 1. The van der Waals surface area contributed by atoms with Gasteiger partial charge in [-0.3, -0.25) is 4.79 Å². The molecule has 0 bridgehead atoms. The Kier molecular flexibility index (Phi) is 7.17. The number of fused-ring (bicyclic) bond motifs is 1. The molecular weight excluding hydrogens is 446 g/mol. The molecule has 3 heterocycles. The van der Waals surface area contributed by atoms with Gasteiger partial charge in [0, 0.05) is 47.8 Å². The van der Waals surface area contributed by atoms with Crippen LogP contribution in [-0.2, 0) is 19.1 Å². The molecule has 9 nitrogen and oxygen atoms in total. The fraction of sp³-hybridized carbons (Fsp3) is 0.269. The Morgan fingerprint density at radius 2 is 2.11 bits per heavy atom. The van der Waals surface area contributed by atoms with Crippen LogP contribution >= 0.6 is 0 Å². The zero-order valence-electron chi connectivity index (χ0n) is 20.3. The molecule has 0 spiro atoms. The third kappa shape index (κ3) is 5.36. The quantitative estimate of drug-likeness (QED) is 0.244. The smallest absolute Gasteiger partial charge is 0.347 e. The van der Waals surface area contributed by atoms with Crippen molar-refractivity contribution in [2.45, 2.75) is 13.8 Å². The SMILES string of the molecule is CCOC(=O)C1=C(Nc2ccc(NCCN(C)C)cc2C)O/C(=C\c2c[nH]c3ncccc23)C1=O. The number of Topliss-reactive ketones (excluding diaryl/α,β-unsaturated/α-hetero) is 1.